The number of halogens is 1. The molecule has 0 aliphatic heterocycles. The second kappa shape index (κ2) is 9.29. The Morgan fingerprint density at radius 2 is 1.93 bits per heavy atom. The summed E-state index contributed by atoms with van der Waals surface area (Å²) in [5, 5.41) is 22.3. The summed E-state index contributed by atoms with van der Waals surface area (Å²) in [4.78, 5) is 12.2. The number of quaternary nitrogens is 1. The lowest BCUT2D eigenvalue weighted by Crippen LogP contribution is -2.82. The third kappa shape index (κ3) is 4.53. The van der Waals surface area contributed by atoms with E-state index < -0.39 is 5.63 Å². The van der Waals surface area contributed by atoms with Crippen molar-refractivity contribution >= 4 is 49.1 Å². The van der Waals surface area contributed by atoms with Crippen LogP contribution in [0.15, 0.2) is 44.0 Å². The Balaban J connectivity index is 0.000000465. The van der Waals surface area contributed by atoms with Gasteiger partial charge >= 0.3 is 5.63 Å². The van der Waals surface area contributed by atoms with Gasteiger partial charge in [-0.25, -0.2) is 10.7 Å². The molecule has 2 aromatic carbocycles. The van der Waals surface area contributed by atoms with Crippen LogP contribution in [0.2, 0.25) is 0 Å². The largest absolute Gasteiger partial charge is 0.762 e. The fourth-order valence-corrected chi connectivity index (χ4v) is 3.17. The molecule has 0 saturated heterocycles. The van der Waals surface area contributed by atoms with E-state index in [1.807, 2.05) is 18.0 Å². The third-order valence-electron chi connectivity index (χ3n) is 4.06. The summed E-state index contributed by atoms with van der Waals surface area (Å²) in [7, 11) is 0. The molecule has 0 aliphatic carbocycles. The van der Waals surface area contributed by atoms with Crippen LogP contribution in [0.4, 0.5) is 0 Å². The van der Waals surface area contributed by atoms with Crippen molar-refractivity contribution < 1.29 is 9.73 Å². The molecule has 27 heavy (non-hydrogen) atoms. The summed E-state index contributed by atoms with van der Waals surface area (Å²) in [5.41, 5.74) is 1.23. The predicted molar refractivity (Wildman–Crippen MR) is 113 cm³/mol. The van der Waals surface area contributed by atoms with E-state index in [0.29, 0.717) is 27.5 Å². The third-order valence-corrected chi connectivity index (χ3v) is 4.56. The zero-order valence-electron chi connectivity index (χ0n) is 15.5. The molecule has 3 rings (SSSR count). The molecule has 0 atom stereocenters. The number of rotatable bonds is 3. The lowest BCUT2D eigenvalue weighted by Gasteiger charge is -2.08. The molecule has 0 radical (unpaired) electrons. The molecule has 0 fully saturated rings. The summed E-state index contributed by atoms with van der Waals surface area (Å²) in [5.74, 6) is 1.88. The highest BCUT2D eigenvalue weighted by atomic mass is 79.9. The molecule has 138 valence electrons. The minimum Gasteiger partial charge on any atom is -0.762 e. The summed E-state index contributed by atoms with van der Waals surface area (Å²) in [6.45, 7) is 8.51. The van der Waals surface area contributed by atoms with Gasteiger partial charge in [-0.1, -0.05) is 15.9 Å². The average molecular weight is 426 g/mol. The van der Waals surface area contributed by atoms with Gasteiger partial charge in [-0.15, -0.1) is 0 Å². The van der Waals surface area contributed by atoms with Crippen molar-refractivity contribution in [3.05, 3.63) is 61.8 Å². The van der Waals surface area contributed by atoms with E-state index in [1.165, 1.54) is 13.1 Å². The average Bonchev–Trinajstić information content (AvgIpc) is 2.64. The first-order chi connectivity index (χ1) is 13.0. The second-order valence-corrected chi connectivity index (χ2v) is 6.87. The molecule has 2 N–H and O–H groups in total. The van der Waals surface area contributed by atoms with Crippen molar-refractivity contribution in [1.82, 2.24) is 0 Å². The maximum absolute atomic E-state index is 12.2. The SMILES string of the molecule is CC[NH2+]CC.Cc1cc(C(=C=[N-])C#N)cc2c1c(=O)oc1ccc(Br)cc12. The Kier molecular flexibility index (Phi) is 7.09. The van der Waals surface area contributed by atoms with Gasteiger partial charge in [0.2, 0.25) is 0 Å². The van der Waals surface area contributed by atoms with Crippen LogP contribution in [0.1, 0.15) is 25.0 Å². The number of aryl methyl sites for hydroxylation is 1. The van der Waals surface area contributed by atoms with Crippen molar-refractivity contribution in [2.75, 3.05) is 13.1 Å². The summed E-state index contributed by atoms with van der Waals surface area (Å²) in [6.07, 6.45) is 0. The van der Waals surface area contributed by atoms with E-state index in [9.17, 15) is 4.79 Å². The van der Waals surface area contributed by atoms with E-state index in [2.05, 4.69) is 35.1 Å². The first kappa shape index (κ1) is 20.6. The van der Waals surface area contributed by atoms with E-state index in [4.69, 9.17) is 15.1 Å². The number of nitrogens with zero attached hydrogens (tertiary/aromatic N) is 2. The van der Waals surface area contributed by atoms with Gasteiger partial charge < -0.3 is 15.1 Å². The highest BCUT2D eigenvalue weighted by Gasteiger charge is 2.12. The van der Waals surface area contributed by atoms with E-state index in [1.54, 1.807) is 31.2 Å². The molecule has 0 spiro atoms. The Labute approximate surface area is 165 Å². The first-order valence-electron chi connectivity index (χ1n) is 8.62. The number of benzene rings is 2. The molecule has 3 aromatic rings. The van der Waals surface area contributed by atoms with E-state index >= 15 is 0 Å². The number of nitriles is 1. The van der Waals surface area contributed by atoms with Crippen LogP contribution in [-0.2, 0) is 0 Å². The van der Waals surface area contributed by atoms with Crippen molar-refractivity contribution in [2.45, 2.75) is 20.8 Å². The van der Waals surface area contributed by atoms with Crippen molar-refractivity contribution in [2.24, 2.45) is 0 Å². The van der Waals surface area contributed by atoms with Gasteiger partial charge in [-0.3, -0.25) is 0 Å². The lowest BCUT2D eigenvalue weighted by atomic mass is 9.97. The van der Waals surface area contributed by atoms with Crippen LogP contribution in [0, 0.1) is 18.3 Å². The van der Waals surface area contributed by atoms with Crippen LogP contribution in [0.3, 0.4) is 0 Å². The maximum Gasteiger partial charge on any atom is 0.344 e. The zero-order chi connectivity index (χ0) is 20.0. The summed E-state index contributed by atoms with van der Waals surface area (Å²) >= 11 is 3.40. The molecule has 0 unspecified atom stereocenters. The fraction of sp³-hybridized carbons (Fsp3) is 0.238. The molecular formula is C21H20BrN3O2. The minimum atomic E-state index is -0.427. The number of nitrogens with two attached hydrogens (primary N) is 1. The van der Waals surface area contributed by atoms with Gasteiger partial charge in [-0.2, -0.15) is 5.26 Å². The summed E-state index contributed by atoms with van der Waals surface area (Å²) in [6, 6.07) is 10.6. The van der Waals surface area contributed by atoms with Gasteiger partial charge in [0, 0.05) is 15.2 Å². The molecule has 0 saturated carbocycles. The van der Waals surface area contributed by atoms with Crippen LogP contribution >= 0.6 is 15.9 Å². The smallest absolute Gasteiger partial charge is 0.344 e. The Morgan fingerprint density at radius 1 is 1.22 bits per heavy atom. The van der Waals surface area contributed by atoms with Crippen molar-refractivity contribution in [3.63, 3.8) is 0 Å². The molecule has 0 bridgehead atoms. The molecule has 0 amide bonds. The van der Waals surface area contributed by atoms with Gasteiger partial charge in [0.15, 0.2) is 0 Å². The lowest BCUT2D eigenvalue weighted by molar-refractivity contribution is -0.648. The fourth-order valence-electron chi connectivity index (χ4n) is 2.81. The topological polar surface area (TPSA) is 92.9 Å². The standard InChI is InChI=1S/C17H8BrN2O2.C4H11N/c1-9-4-10(11(7-19)8-20)5-14-13-6-12(18)2-3-15(13)22-17(21)16(9)14;1-3-5-4-2/h2-6H,1H3;5H,3-4H2,1-2H3/q-1;/p+1. The molecule has 6 heteroatoms. The minimum absolute atomic E-state index is 0.0152. The van der Waals surface area contributed by atoms with Crippen molar-refractivity contribution in [3.8, 4) is 6.07 Å². The zero-order valence-corrected chi connectivity index (χ0v) is 17.1. The highest BCUT2D eigenvalue weighted by molar-refractivity contribution is 9.10. The predicted octanol–water partition coefficient (Wildman–Crippen LogP) is 3.75. The number of hydrogen-bond acceptors (Lipinski definition) is 3. The Bertz CT molecular complexity index is 1130. The van der Waals surface area contributed by atoms with E-state index in [0.717, 1.165) is 9.86 Å². The maximum atomic E-state index is 12.2. The molecule has 0 aliphatic rings. The van der Waals surface area contributed by atoms with Gasteiger partial charge in [0.05, 0.1) is 24.0 Å². The van der Waals surface area contributed by atoms with Crippen molar-refractivity contribution in [1.29, 1.82) is 5.26 Å². The van der Waals surface area contributed by atoms with Crippen LogP contribution in [-0.4, -0.2) is 19.0 Å². The Hall–Kier alpha value is -2.71. The summed E-state index contributed by atoms with van der Waals surface area (Å²) < 4.78 is 6.20. The quantitative estimate of drug-likeness (QED) is 0.299. The van der Waals surface area contributed by atoms with Gasteiger partial charge in [-0.05, 0) is 62.2 Å². The number of allylic oxidation sites excluding steroid dienone is 1. The van der Waals surface area contributed by atoms with Gasteiger partial charge in [0.1, 0.15) is 11.7 Å². The molecule has 5 nitrogen and oxygen atoms in total. The van der Waals surface area contributed by atoms with Crippen LogP contribution in [0.25, 0.3) is 32.7 Å². The second-order valence-electron chi connectivity index (χ2n) is 5.95. The Morgan fingerprint density at radius 3 is 2.48 bits per heavy atom. The molecule has 1 heterocycles. The van der Waals surface area contributed by atoms with Crippen LogP contribution < -0.4 is 10.9 Å². The number of fused-ring (bicyclic) bond motifs is 3. The highest BCUT2D eigenvalue weighted by Crippen LogP contribution is 2.29. The monoisotopic (exact) mass is 425 g/mol. The molecular weight excluding hydrogens is 406 g/mol. The van der Waals surface area contributed by atoms with E-state index in [-0.39, 0.29) is 5.57 Å². The first-order valence-corrected chi connectivity index (χ1v) is 9.42. The normalized spacial score (nSPS) is 10.0. The molecule has 1 aromatic heterocycles. The van der Waals surface area contributed by atoms with Crippen LogP contribution in [0.5, 0.6) is 0 Å². The number of hydrogen-bond donors (Lipinski definition) is 1. The van der Waals surface area contributed by atoms with Gasteiger partial charge in [0.25, 0.3) is 0 Å².